The normalized spacial score (nSPS) is 8.92. The van der Waals surface area contributed by atoms with E-state index >= 15 is 0 Å². The second-order valence-corrected chi connectivity index (χ2v) is 2.75. The van der Waals surface area contributed by atoms with Crippen LogP contribution in [-0.2, 0) is 0 Å². The third-order valence-electron chi connectivity index (χ3n) is 1.67. The average Bonchev–Trinajstić information content (AvgIpc) is 2.03. The van der Waals surface area contributed by atoms with Crippen molar-refractivity contribution in [2.75, 3.05) is 6.67 Å². The quantitative estimate of drug-likeness (QED) is 0.514. The zero-order valence-electron chi connectivity index (χ0n) is 7.32. The maximum absolute atomic E-state index is 11.7. The lowest BCUT2D eigenvalue weighted by atomic mass is 10.1. The highest BCUT2D eigenvalue weighted by molar-refractivity contribution is 5.42. The van der Waals surface area contributed by atoms with Gasteiger partial charge in [-0.1, -0.05) is 29.5 Å². The summed E-state index contributed by atoms with van der Waals surface area (Å²) in [4.78, 5) is 0. The van der Waals surface area contributed by atoms with Crippen LogP contribution in [0.25, 0.3) is 0 Å². The first kappa shape index (κ1) is 8.80. The number of hydrogen-bond acceptors (Lipinski definition) is 0. The molecule has 0 aromatic heterocycles. The number of benzene rings is 1. The Bertz CT molecular complexity index is 329. The number of rotatable bonds is 0. The van der Waals surface area contributed by atoms with Crippen LogP contribution in [0, 0.1) is 25.7 Å². The molecule has 0 heterocycles. The first-order valence-corrected chi connectivity index (χ1v) is 3.86. The van der Waals surface area contributed by atoms with Crippen molar-refractivity contribution in [3.8, 4) is 11.8 Å². The predicted octanol–water partition coefficient (Wildman–Crippen LogP) is 2.62. The number of hydrogen-bond donors (Lipinski definition) is 0. The summed E-state index contributed by atoms with van der Waals surface area (Å²) < 4.78 is 11.7. The van der Waals surface area contributed by atoms with Gasteiger partial charge < -0.3 is 0 Å². The van der Waals surface area contributed by atoms with E-state index in [2.05, 4.69) is 11.8 Å². The highest BCUT2D eigenvalue weighted by Gasteiger charge is 1.92. The monoisotopic (exact) mass is 162 g/mol. The van der Waals surface area contributed by atoms with E-state index in [4.69, 9.17) is 0 Å². The maximum atomic E-state index is 11.7. The molecule has 12 heavy (non-hydrogen) atoms. The fourth-order valence-electron chi connectivity index (χ4n) is 1.08. The van der Waals surface area contributed by atoms with Crippen molar-refractivity contribution >= 4 is 0 Å². The highest BCUT2D eigenvalue weighted by atomic mass is 19.1. The molecule has 0 saturated heterocycles. The summed E-state index contributed by atoms with van der Waals surface area (Å²) in [5.41, 5.74) is 3.23. The molecule has 0 nitrogen and oxygen atoms in total. The van der Waals surface area contributed by atoms with Crippen LogP contribution < -0.4 is 0 Å². The van der Waals surface area contributed by atoms with Gasteiger partial charge in [-0.3, -0.25) is 0 Å². The van der Waals surface area contributed by atoms with Crippen LogP contribution in [-0.4, -0.2) is 6.67 Å². The van der Waals surface area contributed by atoms with Gasteiger partial charge in [0.25, 0.3) is 0 Å². The molecule has 0 aliphatic carbocycles. The van der Waals surface area contributed by atoms with Crippen LogP contribution in [0.2, 0.25) is 0 Å². The predicted molar refractivity (Wildman–Crippen MR) is 48.8 cm³/mol. The van der Waals surface area contributed by atoms with Gasteiger partial charge in [0.15, 0.2) is 6.67 Å². The molecule has 0 bridgehead atoms. The third-order valence-corrected chi connectivity index (χ3v) is 1.67. The van der Waals surface area contributed by atoms with Gasteiger partial charge in [0.2, 0.25) is 0 Å². The van der Waals surface area contributed by atoms with E-state index in [1.54, 1.807) is 0 Å². The molecule has 62 valence electrons. The van der Waals surface area contributed by atoms with Crippen LogP contribution in [0.5, 0.6) is 0 Å². The fourth-order valence-corrected chi connectivity index (χ4v) is 1.08. The molecule has 0 spiro atoms. The topological polar surface area (TPSA) is 0 Å². The largest absolute Gasteiger partial charge is 0.237 e. The summed E-state index contributed by atoms with van der Waals surface area (Å²) in [6, 6.07) is 5.95. The lowest BCUT2D eigenvalue weighted by Crippen LogP contribution is -1.83. The average molecular weight is 162 g/mol. The lowest BCUT2D eigenvalue weighted by Gasteiger charge is -1.98. The van der Waals surface area contributed by atoms with E-state index in [1.165, 1.54) is 5.56 Å². The lowest BCUT2D eigenvalue weighted by molar-refractivity contribution is 0.573. The molecule has 0 unspecified atom stereocenters. The second kappa shape index (κ2) is 3.92. The van der Waals surface area contributed by atoms with Crippen molar-refractivity contribution in [2.24, 2.45) is 0 Å². The summed E-state index contributed by atoms with van der Waals surface area (Å²) in [5.74, 6) is 5.17. The van der Waals surface area contributed by atoms with Crippen molar-refractivity contribution in [2.45, 2.75) is 13.8 Å². The Morgan fingerprint density at radius 1 is 1.33 bits per heavy atom. The van der Waals surface area contributed by atoms with E-state index in [-0.39, 0.29) is 0 Å². The first-order chi connectivity index (χ1) is 5.74. The van der Waals surface area contributed by atoms with Crippen molar-refractivity contribution < 1.29 is 4.39 Å². The Morgan fingerprint density at radius 3 is 2.67 bits per heavy atom. The Hall–Kier alpha value is -1.29. The molecule has 0 amide bonds. The Balaban J connectivity index is 3.01. The number of aryl methyl sites for hydroxylation is 2. The van der Waals surface area contributed by atoms with E-state index < -0.39 is 6.67 Å². The molecule has 1 aromatic rings. The molecule has 0 aliphatic rings. The minimum Gasteiger partial charge on any atom is -0.237 e. The minimum absolute atomic E-state index is 0.576. The molecule has 0 atom stereocenters. The van der Waals surface area contributed by atoms with E-state index in [9.17, 15) is 4.39 Å². The van der Waals surface area contributed by atoms with Crippen molar-refractivity contribution in [1.82, 2.24) is 0 Å². The summed E-state index contributed by atoms with van der Waals surface area (Å²) >= 11 is 0. The fraction of sp³-hybridized carbons (Fsp3) is 0.273. The molecule has 1 rings (SSSR count). The smallest absolute Gasteiger partial charge is 0.150 e. The summed E-state index contributed by atoms with van der Waals surface area (Å²) in [5, 5.41) is 0. The van der Waals surface area contributed by atoms with Crippen LogP contribution in [0.1, 0.15) is 16.7 Å². The molecule has 0 radical (unpaired) electrons. The van der Waals surface area contributed by atoms with Crippen molar-refractivity contribution in [3.05, 3.63) is 34.9 Å². The van der Waals surface area contributed by atoms with E-state index in [1.807, 2.05) is 32.0 Å². The SMILES string of the molecule is Cc1ccc(C#CCF)c(C)c1. The Labute approximate surface area is 72.4 Å². The third kappa shape index (κ3) is 2.10. The molecule has 1 heteroatoms. The van der Waals surface area contributed by atoms with Gasteiger partial charge in [-0.15, -0.1) is 0 Å². The van der Waals surface area contributed by atoms with E-state index in [0.29, 0.717) is 0 Å². The van der Waals surface area contributed by atoms with Gasteiger partial charge >= 0.3 is 0 Å². The van der Waals surface area contributed by atoms with Crippen molar-refractivity contribution in [3.63, 3.8) is 0 Å². The van der Waals surface area contributed by atoms with Gasteiger partial charge in [-0.25, -0.2) is 4.39 Å². The van der Waals surface area contributed by atoms with Gasteiger partial charge in [0.05, 0.1) is 0 Å². The first-order valence-electron chi connectivity index (χ1n) is 3.86. The summed E-state index contributed by atoms with van der Waals surface area (Å²) in [7, 11) is 0. The van der Waals surface area contributed by atoms with Gasteiger partial charge in [-0.2, -0.15) is 0 Å². The molecule has 0 aliphatic heterocycles. The van der Waals surface area contributed by atoms with Crippen LogP contribution in [0.4, 0.5) is 4.39 Å². The van der Waals surface area contributed by atoms with Gasteiger partial charge in [0, 0.05) is 5.56 Å². The second-order valence-electron chi connectivity index (χ2n) is 2.75. The Morgan fingerprint density at radius 2 is 2.08 bits per heavy atom. The standard InChI is InChI=1S/C11H11F/c1-9-5-6-11(4-3-7-12)10(2)8-9/h5-6,8H,7H2,1-2H3. The van der Waals surface area contributed by atoms with Crippen LogP contribution >= 0.6 is 0 Å². The zero-order valence-corrected chi connectivity index (χ0v) is 7.32. The highest BCUT2D eigenvalue weighted by Crippen LogP contribution is 2.08. The molecular weight excluding hydrogens is 151 g/mol. The van der Waals surface area contributed by atoms with Gasteiger partial charge in [0.1, 0.15) is 0 Å². The van der Waals surface area contributed by atoms with Crippen LogP contribution in [0.3, 0.4) is 0 Å². The van der Waals surface area contributed by atoms with Crippen LogP contribution in [0.15, 0.2) is 18.2 Å². The molecule has 0 N–H and O–H groups in total. The minimum atomic E-state index is -0.576. The molecule has 0 fully saturated rings. The van der Waals surface area contributed by atoms with E-state index in [0.717, 1.165) is 11.1 Å². The number of alkyl halides is 1. The summed E-state index contributed by atoms with van der Waals surface area (Å²) in [6.45, 7) is 3.43. The van der Waals surface area contributed by atoms with Crippen molar-refractivity contribution in [1.29, 1.82) is 0 Å². The maximum Gasteiger partial charge on any atom is 0.150 e. The molecule has 0 saturated carbocycles. The Kier molecular flexibility index (Phi) is 2.88. The molecule has 1 aromatic carbocycles. The number of halogens is 1. The summed E-state index contributed by atoms with van der Waals surface area (Å²) in [6.07, 6.45) is 0. The molecular formula is C11H11F. The van der Waals surface area contributed by atoms with Gasteiger partial charge in [-0.05, 0) is 25.5 Å². The zero-order chi connectivity index (χ0) is 8.97.